The Kier molecular flexibility index (Phi) is 2.85. The molecule has 0 spiro atoms. The number of ketones is 1. The summed E-state index contributed by atoms with van der Waals surface area (Å²) in [6.45, 7) is 0. The fourth-order valence-electron chi connectivity index (χ4n) is 2.36. The molecule has 0 atom stereocenters. The lowest BCUT2D eigenvalue weighted by Crippen LogP contribution is -2.11. The SMILES string of the molecule is O=C1CCCc2c(Oc3ccccc3)cccc21. The average Bonchev–Trinajstić information content (AvgIpc) is 2.41. The zero-order valence-electron chi connectivity index (χ0n) is 10.1. The Labute approximate surface area is 106 Å². The largest absolute Gasteiger partial charge is 0.457 e. The van der Waals surface area contributed by atoms with Crippen LogP contribution in [0.4, 0.5) is 0 Å². The van der Waals surface area contributed by atoms with E-state index in [2.05, 4.69) is 0 Å². The quantitative estimate of drug-likeness (QED) is 0.790. The van der Waals surface area contributed by atoms with E-state index in [0.717, 1.165) is 35.5 Å². The molecular weight excluding hydrogens is 224 g/mol. The summed E-state index contributed by atoms with van der Waals surface area (Å²) >= 11 is 0. The molecule has 0 bridgehead atoms. The molecule has 3 rings (SSSR count). The first-order valence-corrected chi connectivity index (χ1v) is 6.22. The Balaban J connectivity index is 1.98. The molecule has 2 aromatic carbocycles. The third kappa shape index (κ3) is 2.02. The number of fused-ring (bicyclic) bond motifs is 1. The van der Waals surface area contributed by atoms with Crippen LogP contribution >= 0.6 is 0 Å². The molecule has 0 radical (unpaired) electrons. The van der Waals surface area contributed by atoms with E-state index in [1.807, 2.05) is 48.5 Å². The first-order valence-electron chi connectivity index (χ1n) is 6.22. The van der Waals surface area contributed by atoms with E-state index in [9.17, 15) is 4.79 Å². The smallest absolute Gasteiger partial charge is 0.163 e. The molecule has 2 nitrogen and oxygen atoms in total. The lowest BCUT2D eigenvalue weighted by Gasteiger charge is -2.18. The van der Waals surface area contributed by atoms with Crippen LogP contribution in [0.1, 0.15) is 28.8 Å². The van der Waals surface area contributed by atoms with Gasteiger partial charge in [-0.15, -0.1) is 0 Å². The van der Waals surface area contributed by atoms with Gasteiger partial charge in [-0.1, -0.05) is 30.3 Å². The normalized spacial score (nSPS) is 14.1. The van der Waals surface area contributed by atoms with Crippen molar-refractivity contribution in [2.75, 3.05) is 0 Å². The van der Waals surface area contributed by atoms with Crippen LogP contribution in [0.25, 0.3) is 0 Å². The number of rotatable bonds is 2. The van der Waals surface area contributed by atoms with Crippen LogP contribution in [0.2, 0.25) is 0 Å². The van der Waals surface area contributed by atoms with Crippen molar-refractivity contribution in [3.63, 3.8) is 0 Å². The Bertz CT molecular complexity index is 573. The highest BCUT2D eigenvalue weighted by Gasteiger charge is 2.20. The maximum atomic E-state index is 11.8. The Hall–Kier alpha value is -2.09. The predicted molar refractivity (Wildman–Crippen MR) is 70.2 cm³/mol. The minimum Gasteiger partial charge on any atom is -0.457 e. The molecule has 0 saturated carbocycles. The number of ether oxygens (including phenoxy) is 1. The van der Waals surface area contributed by atoms with Crippen molar-refractivity contribution in [3.8, 4) is 11.5 Å². The van der Waals surface area contributed by atoms with Gasteiger partial charge in [-0.25, -0.2) is 0 Å². The van der Waals surface area contributed by atoms with Crippen molar-refractivity contribution < 1.29 is 9.53 Å². The number of carbonyl (C=O) groups excluding carboxylic acids is 1. The Morgan fingerprint density at radius 3 is 2.56 bits per heavy atom. The number of benzene rings is 2. The third-order valence-electron chi connectivity index (χ3n) is 3.24. The van der Waals surface area contributed by atoms with Crippen LogP contribution in [0.5, 0.6) is 11.5 Å². The molecule has 18 heavy (non-hydrogen) atoms. The van der Waals surface area contributed by atoms with Gasteiger partial charge < -0.3 is 4.74 Å². The molecule has 1 aliphatic carbocycles. The summed E-state index contributed by atoms with van der Waals surface area (Å²) in [7, 11) is 0. The topological polar surface area (TPSA) is 26.3 Å². The first-order chi connectivity index (χ1) is 8.84. The molecule has 0 aromatic heterocycles. The monoisotopic (exact) mass is 238 g/mol. The summed E-state index contributed by atoms with van der Waals surface area (Å²) in [6.07, 6.45) is 2.49. The minimum absolute atomic E-state index is 0.231. The van der Waals surface area contributed by atoms with E-state index in [1.54, 1.807) is 0 Å². The zero-order valence-corrected chi connectivity index (χ0v) is 10.1. The highest BCUT2D eigenvalue weighted by atomic mass is 16.5. The molecule has 0 unspecified atom stereocenters. The number of para-hydroxylation sites is 1. The highest BCUT2D eigenvalue weighted by molar-refractivity contribution is 5.99. The maximum Gasteiger partial charge on any atom is 0.163 e. The molecule has 0 N–H and O–H groups in total. The van der Waals surface area contributed by atoms with E-state index < -0.39 is 0 Å². The van der Waals surface area contributed by atoms with Gasteiger partial charge in [0.25, 0.3) is 0 Å². The second-order valence-corrected chi connectivity index (χ2v) is 4.47. The fourth-order valence-corrected chi connectivity index (χ4v) is 2.36. The van der Waals surface area contributed by atoms with Gasteiger partial charge in [0.2, 0.25) is 0 Å². The van der Waals surface area contributed by atoms with Gasteiger partial charge >= 0.3 is 0 Å². The standard InChI is InChI=1S/C16H14O2/c17-15-10-4-9-14-13(15)8-5-11-16(14)18-12-6-2-1-3-7-12/h1-3,5-8,11H,4,9-10H2. The van der Waals surface area contributed by atoms with Crippen molar-refractivity contribution in [2.45, 2.75) is 19.3 Å². The first kappa shape index (κ1) is 11.0. The maximum absolute atomic E-state index is 11.8. The molecule has 2 heteroatoms. The molecule has 90 valence electrons. The molecule has 0 heterocycles. The molecule has 0 amide bonds. The van der Waals surface area contributed by atoms with Crippen LogP contribution in [0, 0.1) is 0 Å². The minimum atomic E-state index is 0.231. The summed E-state index contributed by atoms with van der Waals surface area (Å²) in [4.78, 5) is 11.8. The van der Waals surface area contributed by atoms with Crippen LogP contribution in [0.3, 0.4) is 0 Å². The van der Waals surface area contributed by atoms with E-state index in [0.29, 0.717) is 6.42 Å². The van der Waals surface area contributed by atoms with Gasteiger partial charge in [-0.05, 0) is 31.0 Å². The number of Topliss-reactive ketones (excluding diaryl/α,β-unsaturated/α-hetero) is 1. The second kappa shape index (κ2) is 4.65. The lowest BCUT2D eigenvalue weighted by atomic mass is 9.90. The van der Waals surface area contributed by atoms with Crippen molar-refractivity contribution >= 4 is 5.78 Å². The van der Waals surface area contributed by atoms with Gasteiger partial charge in [0, 0.05) is 17.5 Å². The van der Waals surface area contributed by atoms with Crippen molar-refractivity contribution in [1.82, 2.24) is 0 Å². The molecule has 0 aliphatic heterocycles. The van der Waals surface area contributed by atoms with Gasteiger partial charge in [-0.3, -0.25) is 4.79 Å². The molecule has 1 aliphatic rings. The van der Waals surface area contributed by atoms with E-state index in [-0.39, 0.29) is 5.78 Å². The van der Waals surface area contributed by atoms with Crippen molar-refractivity contribution in [3.05, 3.63) is 59.7 Å². The van der Waals surface area contributed by atoms with E-state index in [1.165, 1.54) is 0 Å². The number of hydrogen-bond acceptors (Lipinski definition) is 2. The predicted octanol–water partition coefficient (Wildman–Crippen LogP) is 4.00. The van der Waals surface area contributed by atoms with Crippen LogP contribution in [0.15, 0.2) is 48.5 Å². The summed E-state index contributed by atoms with van der Waals surface area (Å²) in [5.41, 5.74) is 1.88. The Morgan fingerprint density at radius 2 is 1.72 bits per heavy atom. The van der Waals surface area contributed by atoms with Crippen LogP contribution < -0.4 is 4.74 Å². The van der Waals surface area contributed by atoms with Crippen molar-refractivity contribution in [1.29, 1.82) is 0 Å². The van der Waals surface area contributed by atoms with E-state index >= 15 is 0 Å². The summed E-state index contributed by atoms with van der Waals surface area (Å²) in [5, 5.41) is 0. The number of hydrogen-bond donors (Lipinski definition) is 0. The highest BCUT2D eigenvalue weighted by Crippen LogP contribution is 2.32. The fraction of sp³-hybridized carbons (Fsp3) is 0.188. The number of carbonyl (C=O) groups is 1. The molecular formula is C16H14O2. The van der Waals surface area contributed by atoms with Crippen molar-refractivity contribution in [2.24, 2.45) is 0 Å². The van der Waals surface area contributed by atoms with Gasteiger partial charge in [0.1, 0.15) is 11.5 Å². The zero-order chi connectivity index (χ0) is 12.4. The van der Waals surface area contributed by atoms with Gasteiger partial charge in [-0.2, -0.15) is 0 Å². The van der Waals surface area contributed by atoms with E-state index in [4.69, 9.17) is 4.74 Å². The third-order valence-corrected chi connectivity index (χ3v) is 3.24. The lowest BCUT2D eigenvalue weighted by molar-refractivity contribution is 0.0972. The summed E-state index contributed by atoms with van der Waals surface area (Å²) in [5.74, 6) is 1.85. The van der Waals surface area contributed by atoms with Crippen LogP contribution in [-0.4, -0.2) is 5.78 Å². The van der Waals surface area contributed by atoms with Crippen LogP contribution in [-0.2, 0) is 6.42 Å². The summed E-state index contributed by atoms with van der Waals surface area (Å²) in [6, 6.07) is 15.4. The molecule has 2 aromatic rings. The second-order valence-electron chi connectivity index (χ2n) is 4.47. The average molecular weight is 238 g/mol. The summed E-state index contributed by atoms with van der Waals surface area (Å²) < 4.78 is 5.87. The Morgan fingerprint density at radius 1 is 0.889 bits per heavy atom. The van der Waals surface area contributed by atoms with Gasteiger partial charge in [0.05, 0.1) is 0 Å². The van der Waals surface area contributed by atoms with Gasteiger partial charge in [0.15, 0.2) is 5.78 Å². The molecule has 0 saturated heterocycles. The molecule has 0 fully saturated rings.